The quantitative estimate of drug-likeness (QED) is 0.396. The molecular formula is C27H31NO. The molecule has 3 rings (SSSR count). The Labute approximate surface area is 175 Å². The lowest BCUT2D eigenvalue weighted by Gasteiger charge is -2.18. The second kappa shape index (κ2) is 10.6. The third kappa shape index (κ3) is 5.58. The maximum Gasteiger partial charge on any atom is 0.119 e. The van der Waals surface area contributed by atoms with Gasteiger partial charge < -0.3 is 9.64 Å². The standard InChI is InChI=1S/C27H31NO/c1-4-28(5-2)20-21-29-26-18-16-25(17-19-26)27(24-14-10-7-11-15-24)22(3)23-12-8-6-9-13-23/h6-19H,4-5,20-21H2,1-3H3/b27-22-. The van der Waals surface area contributed by atoms with E-state index >= 15 is 0 Å². The van der Waals surface area contributed by atoms with E-state index in [1.165, 1.54) is 27.8 Å². The predicted octanol–water partition coefficient (Wildman–Crippen LogP) is 6.39. The SMILES string of the molecule is CCN(CC)CCOc1ccc(/C(=C(/C)c2ccccc2)c2ccccc2)cc1. The number of rotatable bonds is 9. The van der Waals surface area contributed by atoms with E-state index in [2.05, 4.69) is 111 Å². The van der Waals surface area contributed by atoms with Gasteiger partial charge in [0.2, 0.25) is 0 Å². The lowest BCUT2D eigenvalue weighted by atomic mass is 9.90. The fourth-order valence-corrected chi connectivity index (χ4v) is 3.59. The van der Waals surface area contributed by atoms with Gasteiger partial charge in [0.05, 0.1) is 0 Å². The van der Waals surface area contributed by atoms with E-state index in [1.54, 1.807) is 0 Å². The largest absolute Gasteiger partial charge is 0.492 e. The van der Waals surface area contributed by atoms with E-state index < -0.39 is 0 Å². The molecule has 0 saturated heterocycles. The van der Waals surface area contributed by atoms with Gasteiger partial charge in [0.15, 0.2) is 0 Å². The summed E-state index contributed by atoms with van der Waals surface area (Å²) in [6, 6.07) is 29.7. The molecule has 2 nitrogen and oxygen atoms in total. The Morgan fingerprint density at radius 1 is 0.690 bits per heavy atom. The molecule has 0 spiro atoms. The van der Waals surface area contributed by atoms with Gasteiger partial charge in [-0.05, 0) is 60.0 Å². The molecule has 0 atom stereocenters. The third-order valence-corrected chi connectivity index (χ3v) is 5.36. The molecular weight excluding hydrogens is 354 g/mol. The summed E-state index contributed by atoms with van der Waals surface area (Å²) in [5.74, 6) is 0.922. The number of hydrogen-bond donors (Lipinski definition) is 0. The highest BCUT2D eigenvalue weighted by Crippen LogP contribution is 2.32. The number of hydrogen-bond acceptors (Lipinski definition) is 2. The molecule has 0 saturated carbocycles. The minimum Gasteiger partial charge on any atom is -0.492 e. The molecule has 0 aromatic heterocycles. The van der Waals surface area contributed by atoms with Crippen LogP contribution in [-0.2, 0) is 0 Å². The van der Waals surface area contributed by atoms with Crippen molar-refractivity contribution in [1.82, 2.24) is 4.90 Å². The highest BCUT2D eigenvalue weighted by molar-refractivity contribution is 5.97. The van der Waals surface area contributed by atoms with E-state index in [0.29, 0.717) is 6.61 Å². The molecule has 2 heteroatoms. The van der Waals surface area contributed by atoms with Gasteiger partial charge in [-0.15, -0.1) is 0 Å². The van der Waals surface area contributed by atoms with Crippen molar-refractivity contribution in [3.63, 3.8) is 0 Å². The third-order valence-electron chi connectivity index (χ3n) is 5.36. The summed E-state index contributed by atoms with van der Waals surface area (Å²) in [6.45, 7) is 10.4. The minimum atomic E-state index is 0.714. The number of ether oxygens (including phenoxy) is 1. The lowest BCUT2D eigenvalue weighted by Crippen LogP contribution is -2.27. The summed E-state index contributed by atoms with van der Waals surface area (Å²) in [5, 5.41) is 0. The first-order valence-corrected chi connectivity index (χ1v) is 10.5. The zero-order valence-corrected chi connectivity index (χ0v) is 17.8. The zero-order chi connectivity index (χ0) is 20.5. The first kappa shape index (κ1) is 20.9. The molecule has 0 fully saturated rings. The van der Waals surface area contributed by atoms with Gasteiger partial charge >= 0.3 is 0 Å². The molecule has 0 aliphatic carbocycles. The van der Waals surface area contributed by atoms with Crippen molar-refractivity contribution in [1.29, 1.82) is 0 Å². The molecule has 0 heterocycles. The Bertz CT molecular complexity index is 894. The second-order valence-electron chi connectivity index (χ2n) is 7.13. The Kier molecular flexibility index (Phi) is 7.66. The Morgan fingerprint density at radius 3 is 1.76 bits per heavy atom. The lowest BCUT2D eigenvalue weighted by molar-refractivity contribution is 0.223. The fourth-order valence-electron chi connectivity index (χ4n) is 3.59. The molecule has 0 bridgehead atoms. The van der Waals surface area contributed by atoms with Gasteiger partial charge in [-0.25, -0.2) is 0 Å². The van der Waals surface area contributed by atoms with Crippen molar-refractivity contribution in [2.75, 3.05) is 26.2 Å². The van der Waals surface area contributed by atoms with Crippen molar-refractivity contribution in [2.45, 2.75) is 20.8 Å². The maximum absolute atomic E-state index is 5.97. The summed E-state index contributed by atoms with van der Waals surface area (Å²) in [4.78, 5) is 2.37. The van der Waals surface area contributed by atoms with E-state index in [9.17, 15) is 0 Å². The van der Waals surface area contributed by atoms with Crippen LogP contribution >= 0.6 is 0 Å². The molecule has 0 amide bonds. The van der Waals surface area contributed by atoms with Crippen LogP contribution in [0, 0.1) is 0 Å². The van der Waals surface area contributed by atoms with E-state index in [-0.39, 0.29) is 0 Å². The first-order valence-electron chi connectivity index (χ1n) is 10.5. The van der Waals surface area contributed by atoms with Crippen LogP contribution in [0.4, 0.5) is 0 Å². The molecule has 29 heavy (non-hydrogen) atoms. The minimum absolute atomic E-state index is 0.714. The van der Waals surface area contributed by atoms with Crippen molar-refractivity contribution < 1.29 is 4.74 Å². The van der Waals surface area contributed by atoms with Crippen molar-refractivity contribution in [3.8, 4) is 5.75 Å². The van der Waals surface area contributed by atoms with Gasteiger partial charge in [0.25, 0.3) is 0 Å². The van der Waals surface area contributed by atoms with Gasteiger partial charge in [0, 0.05) is 6.54 Å². The topological polar surface area (TPSA) is 12.5 Å². The zero-order valence-electron chi connectivity index (χ0n) is 17.8. The molecule has 0 unspecified atom stereocenters. The van der Waals surface area contributed by atoms with Crippen molar-refractivity contribution in [2.24, 2.45) is 0 Å². The van der Waals surface area contributed by atoms with Crippen LogP contribution in [0.2, 0.25) is 0 Å². The predicted molar refractivity (Wildman–Crippen MR) is 124 cm³/mol. The highest BCUT2D eigenvalue weighted by atomic mass is 16.5. The van der Waals surface area contributed by atoms with Crippen molar-refractivity contribution in [3.05, 3.63) is 102 Å². The summed E-state index contributed by atoms with van der Waals surface area (Å²) in [5.41, 5.74) is 6.20. The number of nitrogens with zero attached hydrogens (tertiary/aromatic N) is 1. The number of benzene rings is 3. The maximum atomic E-state index is 5.97. The molecule has 3 aromatic rings. The molecule has 0 N–H and O–H groups in total. The summed E-state index contributed by atoms with van der Waals surface area (Å²) < 4.78 is 5.97. The molecule has 3 aromatic carbocycles. The van der Waals surface area contributed by atoms with Gasteiger partial charge in [-0.2, -0.15) is 0 Å². The van der Waals surface area contributed by atoms with Crippen LogP contribution < -0.4 is 4.74 Å². The van der Waals surface area contributed by atoms with E-state index in [1.807, 2.05) is 0 Å². The molecule has 0 aliphatic heterocycles. The monoisotopic (exact) mass is 385 g/mol. The molecule has 0 aliphatic rings. The van der Waals surface area contributed by atoms with Crippen LogP contribution in [0.5, 0.6) is 5.75 Å². The van der Waals surface area contributed by atoms with E-state index in [0.717, 1.165) is 25.4 Å². The number of likely N-dealkylation sites (N-methyl/N-ethyl adjacent to an activating group) is 1. The normalized spacial score (nSPS) is 12.0. The molecule has 0 radical (unpaired) electrons. The van der Waals surface area contributed by atoms with Crippen LogP contribution in [0.15, 0.2) is 84.9 Å². The van der Waals surface area contributed by atoms with E-state index in [4.69, 9.17) is 4.74 Å². The first-order chi connectivity index (χ1) is 14.2. The average Bonchev–Trinajstić information content (AvgIpc) is 2.79. The summed E-state index contributed by atoms with van der Waals surface area (Å²) in [6.07, 6.45) is 0. The Morgan fingerprint density at radius 2 is 1.21 bits per heavy atom. The Hall–Kier alpha value is -2.84. The summed E-state index contributed by atoms with van der Waals surface area (Å²) in [7, 11) is 0. The average molecular weight is 386 g/mol. The fraction of sp³-hybridized carbons (Fsp3) is 0.259. The highest BCUT2D eigenvalue weighted by Gasteiger charge is 2.11. The second-order valence-corrected chi connectivity index (χ2v) is 7.13. The van der Waals surface area contributed by atoms with Gasteiger partial charge in [-0.3, -0.25) is 0 Å². The van der Waals surface area contributed by atoms with Crippen LogP contribution in [-0.4, -0.2) is 31.1 Å². The van der Waals surface area contributed by atoms with Crippen LogP contribution in [0.1, 0.15) is 37.5 Å². The van der Waals surface area contributed by atoms with Crippen LogP contribution in [0.3, 0.4) is 0 Å². The summed E-state index contributed by atoms with van der Waals surface area (Å²) >= 11 is 0. The number of allylic oxidation sites excluding steroid dienone is 1. The Balaban J connectivity index is 1.86. The van der Waals surface area contributed by atoms with Gasteiger partial charge in [-0.1, -0.05) is 86.6 Å². The van der Waals surface area contributed by atoms with Crippen molar-refractivity contribution >= 4 is 11.1 Å². The van der Waals surface area contributed by atoms with Crippen LogP contribution in [0.25, 0.3) is 11.1 Å². The van der Waals surface area contributed by atoms with Gasteiger partial charge in [0.1, 0.15) is 12.4 Å². The molecule has 150 valence electrons. The smallest absolute Gasteiger partial charge is 0.119 e.